The largest absolute Gasteiger partial charge is 0.492 e. The van der Waals surface area contributed by atoms with E-state index in [4.69, 9.17) is 9.84 Å². The molecule has 0 bridgehead atoms. The fraction of sp³-hybridized carbons (Fsp3) is 0.353. The minimum Gasteiger partial charge on any atom is -0.492 e. The van der Waals surface area contributed by atoms with Crippen molar-refractivity contribution in [3.63, 3.8) is 0 Å². The number of benzene rings is 2. The van der Waals surface area contributed by atoms with Crippen LogP contribution in [0.2, 0.25) is 0 Å². The summed E-state index contributed by atoms with van der Waals surface area (Å²) in [6, 6.07) is 14.1. The lowest BCUT2D eigenvalue weighted by Gasteiger charge is -2.19. The van der Waals surface area contributed by atoms with Crippen molar-refractivity contribution in [2.24, 2.45) is 0 Å². The summed E-state index contributed by atoms with van der Waals surface area (Å²) in [7, 11) is 0. The van der Waals surface area contributed by atoms with Gasteiger partial charge in [-0.3, -0.25) is 9.69 Å². The SMILES string of the molecule is CCCN(CCOc1ccc2ccccc2c1)CC(=O)O. The van der Waals surface area contributed by atoms with Crippen LogP contribution in [0.15, 0.2) is 42.5 Å². The Morgan fingerprint density at radius 2 is 1.90 bits per heavy atom. The molecule has 2 aromatic rings. The maximum atomic E-state index is 10.8. The fourth-order valence-electron chi connectivity index (χ4n) is 2.33. The van der Waals surface area contributed by atoms with Gasteiger partial charge in [-0.1, -0.05) is 37.3 Å². The first-order valence-corrected chi connectivity index (χ1v) is 7.25. The van der Waals surface area contributed by atoms with E-state index >= 15 is 0 Å². The Labute approximate surface area is 124 Å². The third kappa shape index (κ3) is 4.76. The van der Waals surface area contributed by atoms with Crippen molar-refractivity contribution in [3.05, 3.63) is 42.5 Å². The molecule has 2 rings (SSSR count). The Bertz CT molecular complexity index is 597. The minimum absolute atomic E-state index is 0.0644. The lowest BCUT2D eigenvalue weighted by molar-refractivity contribution is -0.138. The van der Waals surface area contributed by atoms with Gasteiger partial charge in [-0.25, -0.2) is 0 Å². The standard InChI is InChI=1S/C17H21NO3/c1-2-9-18(13-17(19)20)10-11-21-16-8-7-14-5-3-4-6-15(14)12-16/h3-8,12H,2,9-11,13H2,1H3,(H,19,20). The number of carboxylic acid groups (broad SMARTS) is 1. The summed E-state index contributed by atoms with van der Waals surface area (Å²) < 4.78 is 5.74. The van der Waals surface area contributed by atoms with E-state index in [-0.39, 0.29) is 6.54 Å². The molecule has 0 amide bonds. The van der Waals surface area contributed by atoms with Gasteiger partial charge in [-0.2, -0.15) is 0 Å². The molecule has 0 fully saturated rings. The van der Waals surface area contributed by atoms with Crippen molar-refractivity contribution in [2.75, 3.05) is 26.2 Å². The molecule has 0 unspecified atom stereocenters. The van der Waals surface area contributed by atoms with Crippen molar-refractivity contribution in [2.45, 2.75) is 13.3 Å². The van der Waals surface area contributed by atoms with Gasteiger partial charge in [0.1, 0.15) is 12.4 Å². The molecule has 0 saturated carbocycles. The van der Waals surface area contributed by atoms with Crippen molar-refractivity contribution in [3.8, 4) is 5.75 Å². The van der Waals surface area contributed by atoms with Crippen molar-refractivity contribution >= 4 is 16.7 Å². The number of hydrogen-bond acceptors (Lipinski definition) is 3. The number of ether oxygens (including phenoxy) is 1. The molecule has 0 aliphatic rings. The van der Waals surface area contributed by atoms with Gasteiger partial charge < -0.3 is 9.84 Å². The molecule has 21 heavy (non-hydrogen) atoms. The lowest BCUT2D eigenvalue weighted by Crippen LogP contribution is -2.34. The van der Waals surface area contributed by atoms with Crippen LogP contribution in [0.3, 0.4) is 0 Å². The number of fused-ring (bicyclic) bond motifs is 1. The highest BCUT2D eigenvalue weighted by atomic mass is 16.5. The highest BCUT2D eigenvalue weighted by molar-refractivity contribution is 5.83. The molecule has 0 heterocycles. The van der Waals surface area contributed by atoms with Gasteiger partial charge in [0.05, 0.1) is 6.54 Å². The molecule has 0 aliphatic heterocycles. The van der Waals surface area contributed by atoms with Gasteiger partial charge in [-0.05, 0) is 35.9 Å². The Balaban J connectivity index is 1.89. The van der Waals surface area contributed by atoms with Gasteiger partial charge in [0.2, 0.25) is 0 Å². The smallest absolute Gasteiger partial charge is 0.317 e. The van der Waals surface area contributed by atoms with Crippen LogP contribution in [-0.4, -0.2) is 42.2 Å². The number of aliphatic carboxylic acids is 1. The molecule has 1 N–H and O–H groups in total. The molecule has 0 saturated heterocycles. The van der Waals surface area contributed by atoms with E-state index in [0.717, 1.165) is 24.1 Å². The molecule has 2 aromatic carbocycles. The molecule has 4 nitrogen and oxygen atoms in total. The predicted octanol–water partition coefficient (Wildman–Crippen LogP) is 3.02. The van der Waals surface area contributed by atoms with Gasteiger partial charge in [0.25, 0.3) is 0 Å². The molecule has 0 radical (unpaired) electrons. The summed E-state index contributed by atoms with van der Waals surface area (Å²) in [4.78, 5) is 12.7. The number of carbonyl (C=O) groups is 1. The quantitative estimate of drug-likeness (QED) is 0.811. The van der Waals surface area contributed by atoms with Crippen LogP contribution < -0.4 is 4.74 Å². The van der Waals surface area contributed by atoms with Crippen LogP contribution >= 0.6 is 0 Å². The highest BCUT2D eigenvalue weighted by Gasteiger charge is 2.08. The first-order valence-electron chi connectivity index (χ1n) is 7.25. The predicted molar refractivity (Wildman–Crippen MR) is 83.8 cm³/mol. The van der Waals surface area contributed by atoms with Crippen molar-refractivity contribution in [1.29, 1.82) is 0 Å². The summed E-state index contributed by atoms with van der Waals surface area (Å²) in [5, 5.41) is 11.2. The molecular formula is C17H21NO3. The van der Waals surface area contributed by atoms with E-state index in [1.807, 2.05) is 42.2 Å². The fourth-order valence-corrected chi connectivity index (χ4v) is 2.33. The van der Waals surface area contributed by atoms with Crippen molar-refractivity contribution < 1.29 is 14.6 Å². The van der Waals surface area contributed by atoms with Crippen LogP contribution in [0.4, 0.5) is 0 Å². The number of nitrogens with zero attached hydrogens (tertiary/aromatic N) is 1. The van der Waals surface area contributed by atoms with Crippen LogP contribution in [0.1, 0.15) is 13.3 Å². The summed E-state index contributed by atoms with van der Waals surface area (Å²) in [5.41, 5.74) is 0. The molecular weight excluding hydrogens is 266 g/mol. The Morgan fingerprint density at radius 3 is 2.62 bits per heavy atom. The number of hydrogen-bond donors (Lipinski definition) is 1. The summed E-state index contributed by atoms with van der Waals surface area (Å²) >= 11 is 0. The first-order chi connectivity index (χ1) is 10.2. The highest BCUT2D eigenvalue weighted by Crippen LogP contribution is 2.20. The van der Waals surface area contributed by atoms with Crippen LogP contribution in [0.25, 0.3) is 10.8 Å². The average Bonchev–Trinajstić information content (AvgIpc) is 2.47. The lowest BCUT2D eigenvalue weighted by atomic mass is 10.1. The van der Waals surface area contributed by atoms with Gasteiger partial charge in [-0.15, -0.1) is 0 Å². The monoisotopic (exact) mass is 287 g/mol. The normalized spacial score (nSPS) is 11.0. The topological polar surface area (TPSA) is 49.8 Å². The third-order valence-corrected chi connectivity index (χ3v) is 3.30. The molecule has 4 heteroatoms. The van der Waals surface area contributed by atoms with E-state index in [9.17, 15) is 4.79 Å². The Morgan fingerprint density at radius 1 is 1.14 bits per heavy atom. The van der Waals surface area contributed by atoms with Gasteiger partial charge >= 0.3 is 5.97 Å². The second-order valence-electron chi connectivity index (χ2n) is 5.03. The second-order valence-corrected chi connectivity index (χ2v) is 5.03. The molecule has 0 aromatic heterocycles. The van der Waals surface area contributed by atoms with E-state index in [1.54, 1.807) is 0 Å². The molecule has 112 valence electrons. The van der Waals surface area contributed by atoms with Crippen molar-refractivity contribution in [1.82, 2.24) is 4.90 Å². The molecule has 0 atom stereocenters. The van der Waals surface area contributed by atoms with E-state index in [1.165, 1.54) is 5.39 Å². The van der Waals surface area contributed by atoms with Crippen LogP contribution in [-0.2, 0) is 4.79 Å². The van der Waals surface area contributed by atoms with Gasteiger partial charge in [0, 0.05) is 6.54 Å². The Hall–Kier alpha value is -2.07. The number of rotatable bonds is 8. The zero-order chi connectivity index (χ0) is 15.1. The van der Waals surface area contributed by atoms with E-state index < -0.39 is 5.97 Å². The summed E-state index contributed by atoms with van der Waals surface area (Å²) in [6.07, 6.45) is 0.934. The minimum atomic E-state index is -0.797. The van der Waals surface area contributed by atoms with Gasteiger partial charge in [0.15, 0.2) is 0 Å². The summed E-state index contributed by atoms with van der Waals surface area (Å²) in [6.45, 7) is 3.99. The van der Waals surface area contributed by atoms with E-state index in [2.05, 4.69) is 12.1 Å². The van der Waals surface area contributed by atoms with Crippen LogP contribution in [0, 0.1) is 0 Å². The Kier molecular flexibility index (Phi) is 5.58. The first kappa shape index (κ1) is 15.3. The maximum Gasteiger partial charge on any atom is 0.317 e. The average molecular weight is 287 g/mol. The number of carboxylic acids is 1. The second kappa shape index (κ2) is 7.64. The zero-order valence-electron chi connectivity index (χ0n) is 12.3. The van der Waals surface area contributed by atoms with Crippen LogP contribution in [0.5, 0.6) is 5.75 Å². The third-order valence-electron chi connectivity index (χ3n) is 3.30. The molecule has 0 spiro atoms. The maximum absolute atomic E-state index is 10.8. The summed E-state index contributed by atoms with van der Waals surface area (Å²) in [5.74, 6) is 0.0228. The zero-order valence-corrected chi connectivity index (χ0v) is 12.3. The van der Waals surface area contributed by atoms with E-state index in [0.29, 0.717) is 13.2 Å². The molecule has 0 aliphatic carbocycles.